The maximum Gasteiger partial charge on any atom is 0.308 e. The minimum absolute atomic E-state index is 0.260. The maximum absolute atomic E-state index is 12.4. The standard InChI is InChI=1S/C23H20N2O4S/c1-15(26)29-19-9-5-7-17(13-19)22(27)24-14-16-6-4-8-18(12-16)25-23(28)20-10-2-3-11-21(20)30/h2-13,30H,14H2,1H3,(H,24,27)(H,25,28). The van der Waals surface area contributed by atoms with Crippen molar-refractivity contribution in [2.45, 2.75) is 18.4 Å². The molecule has 0 aliphatic rings. The van der Waals surface area contributed by atoms with Gasteiger partial charge in [0, 0.05) is 29.6 Å². The summed E-state index contributed by atoms with van der Waals surface area (Å²) in [5.74, 6) is -0.706. The first-order valence-electron chi connectivity index (χ1n) is 9.17. The van der Waals surface area contributed by atoms with Gasteiger partial charge in [-0.05, 0) is 48.0 Å². The van der Waals surface area contributed by atoms with Crippen molar-refractivity contribution >= 4 is 36.1 Å². The molecule has 0 radical (unpaired) electrons. The summed E-state index contributed by atoms with van der Waals surface area (Å²) >= 11 is 4.30. The topological polar surface area (TPSA) is 84.5 Å². The number of rotatable bonds is 6. The normalized spacial score (nSPS) is 10.2. The molecular formula is C23H20N2O4S. The Kier molecular flexibility index (Phi) is 6.87. The Bertz CT molecular complexity index is 1100. The van der Waals surface area contributed by atoms with Gasteiger partial charge in [0.15, 0.2) is 0 Å². The lowest BCUT2D eigenvalue weighted by atomic mass is 10.1. The Morgan fingerprint density at radius 1 is 0.900 bits per heavy atom. The van der Waals surface area contributed by atoms with Gasteiger partial charge in [0.05, 0.1) is 5.56 Å². The van der Waals surface area contributed by atoms with Gasteiger partial charge in [0.2, 0.25) is 0 Å². The summed E-state index contributed by atoms with van der Waals surface area (Å²) in [6.45, 7) is 1.57. The quantitative estimate of drug-likeness (QED) is 0.319. The Morgan fingerprint density at radius 2 is 1.67 bits per heavy atom. The lowest BCUT2D eigenvalue weighted by Crippen LogP contribution is -2.23. The van der Waals surface area contributed by atoms with Crippen LogP contribution in [0.3, 0.4) is 0 Å². The number of amides is 2. The second-order valence-electron chi connectivity index (χ2n) is 6.48. The van der Waals surface area contributed by atoms with Crippen molar-refractivity contribution in [3.8, 4) is 5.75 Å². The van der Waals surface area contributed by atoms with E-state index >= 15 is 0 Å². The minimum Gasteiger partial charge on any atom is -0.427 e. The van der Waals surface area contributed by atoms with E-state index < -0.39 is 5.97 Å². The second-order valence-corrected chi connectivity index (χ2v) is 6.96. The third-order valence-electron chi connectivity index (χ3n) is 4.14. The van der Waals surface area contributed by atoms with Gasteiger partial charge in [-0.25, -0.2) is 0 Å². The van der Waals surface area contributed by atoms with Crippen molar-refractivity contribution in [1.82, 2.24) is 5.32 Å². The van der Waals surface area contributed by atoms with E-state index in [4.69, 9.17) is 4.74 Å². The van der Waals surface area contributed by atoms with Crippen molar-refractivity contribution in [2.24, 2.45) is 0 Å². The molecule has 2 N–H and O–H groups in total. The van der Waals surface area contributed by atoms with Gasteiger partial charge in [-0.1, -0.05) is 30.3 Å². The molecule has 6 nitrogen and oxygen atoms in total. The molecule has 152 valence electrons. The summed E-state index contributed by atoms with van der Waals surface area (Å²) in [7, 11) is 0. The number of nitrogens with one attached hydrogen (secondary N) is 2. The van der Waals surface area contributed by atoms with Gasteiger partial charge < -0.3 is 15.4 Å². The van der Waals surface area contributed by atoms with Gasteiger partial charge >= 0.3 is 5.97 Å². The molecule has 0 spiro atoms. The average Bonchev–Trinajstić information content (AvgIpc) is 2.72. The molecule has 0 saturated heterocycles. The number of ether oxygens (including phenoxy) is 1. The van der Waals surface area contributed by atoms with Crippen LogP contribution in [-0.4, -0.2) is 17.8 Å². The molecule has 0 aliphatic carbocycles. The third-order valence-corrected chi connectivity index (χ3v) is 4.53. The van der Waals surface area contributed by atoms with E-state index in [0.717, 1.165) is 5.56 Å². The first kappa shape index (κ1) is 21.1. The number of hydrogen-bond donors (Lipinski definition) is 3. The van der Waals surface area contributed by atoms with Crippen LogP contribution in [0.1, 0.15) is 33.2 Å². The monoisotopic (exact) mass is 420 g/mol. The zero-order valence-corrected chi connectivity index (χ0v) is 17.1. The second kappa shape index (κ2) is 9.76. The molecule has 0 aliphatic heterocycles. The van der Waals surface area contributed by atoms with E-state index in [-0.39, 0.29) is 18.4 Å². The highest BCUT2D eigenvalue weighted by Crippen LogP contribution is 2.17. The van der Waals surface area contributed by atoms with Crippen molar-refractivity contribution < 1.29 is 19.1 Å². The van der Waals surface area contributed by atoms with E-state index in [1.54, 1.807) is 54.6 Å². The van der Waals surface area contributed by atoms with Crippen LogP contribution in [0, 0.1) is 0 Å². The summed E-state index contributed by atoms with van der Waals surface area (Å²) in [5.41, 5.74) is 2.28. The third kappa shape index (κ3) is 5.71. The lowest BCUT2D eigenvalue weighted by molar-refractivity contribution is -0.131. The first-order valence-corrected chi connectivity index (χ1v) is 9.62. The van der Waals surface area contributed by atoms with E-state index in [2.05, 4.69) is 23.3 Å². The molecule has 0 bridgehead atoms. The number of carbonyl (C=O) groups excluding carboxylic acids is 3. The highest BCUT2D eigenvalue weighted by molar-refractivity contribution is 7.80. The zero-order chi connectivity index (χ0) is 21.5. The SMILES string of the molecule is CC(=O)Oc1cccc(C(=O)NCc2cccc(NC(=O)c3ccccc3S)c2)c1. The molecule has 30 heavy (non-hydrogen) atoms. The van der Waals surface area contributed by atoms with Crippen molar-refractivity contribution in [3.63, 3.8) is 0 Å². The number of anilines is 1. The summed E-state index contributed by atoms with van der Waals surface area (Å²) in [6.07, 6.45) is 0. The summed E-state index contributed by atoms with van der Waals surface area (Å²) < 4.78 is 5.00. The van der Waals surface area contributed by atoms with Crippen molar-refractivity contribution in [3.05, 3.63) is 89.5 Å². The molecule has 0 fully saturated rings. The fourth-order valence-electron chi connectivity index (χ4n) is 2.77. The molecule has 3 aromatic carbocycles. The largest absolute Gasteiger partial charge is 0.427 e. The van der Waals surface area contributed by atoms with E-state index in [1.807, 2.05) is 12.1 Å². The van der Waals surface area contributed by atoms with Crippen LogP contribution < -0.4 is 15.4 Å². The number of hydrogen-bond acceptors (Lipinski definition) is 5. The van der Waals surface area contributed by atoms with Crippen LogP contribution in [0.25, 0.3) is 0 Å². The highest BCUT2D eigenvalue weighted by Gasteiger charge is 2.10. The van der Waals surface area contributed by atoms with Crippen LogP contribution in [0.5, 0.6) is 5.75 Å². The molecule has 0 saturated carbocycles. The van der Waals surface area contributed by atoms with Gasteiger partial charge in [0.1, 0.15) is 5.75 Å². The van der Waals surface area contributed by atoms with Crippen LogP contribution in [0.4, 0.5) is 5.69 Å². The molecule has 0 unspecified atom stereocenters. The summed E-state index contributed by atoms with van der Waals surface area (Å²) in [5, 5.41) is 5.65. The highest BCUT2D eigenvalue weighted by atomic mass is 32.1. The number of thiol groups is 1. The predicted octanol–water partition coefficient (Wildman–Crippen LogP) is 4.08. The fraction of sp³-hybridized carbons (Fsp3) is 0.0870. The molecule has 3 rings (SSSR count). The Hall–Kier alpha value is -3.58. The smallest absolute Gasteiger partial charge is 0.308 e. The van der Waals surface area contributed by atoms with Crippen LogP contribution in [0.2, 0.25) is 0 Å². The van der Waals surface area contributed by atoms with E-state index in [9.17, 15) is 14.4 Å². The van der Waals surface area contributed by atoms with Gasteiger partial charge in [-0.2, -0.15) is 0 Å². The molecular weight excluding hydrogens is 400 g/mol. The molecule has 3 aromatic rings. The zero-order valence-electron chi connectivity index (χ0n) is 16.2. The van der Waals surface area contributed by atoms with Crippen LogP contribution >= 0.6 is 12.6 Å². The average molecular weight is 420 g/mol. The van der Waals surface area contributed by atoms with Crippen LogP contribution in [0.15, 0.2) is 77.7 Å². The number of esters is 1. The molecule has 0 atom stereocenters. The molecule has 7 heteroatoms. The molecule has 0 heterocycles. The van der Waals surface area contributed by atoms with E-state index in [0.29, 0.717) is 27.5 Å². The minimum atomic E-state index is -0.452. The molecule has 0 aromatic heterocycles. The van der Waals surface area contributed by atoms with E-state index in [1.165, 1.54) is 13.0 Å². The summed E-state index contributed by atoms with van der Waals surface area (Å²) in [6, 6.07) is 20.6. The molecule has 2 amide bonds. The van der Waals surface area contributed by atoms with Gasteiger partial charge in [-0.3, -0.25) is 14.4 Å². The number of benzene rings is 3. The predicted molar refractivity (Wildman–Crippen MR) is 117 cm³/mol. The Labute approximate surface area is 179 Å². The van der Waals surface area contributed by atoms with Crippen LogP contribution in [-0.2, 0) is 11.3 Å². The number of carbonyl (C=O) groups is 3. The Morgan fingerprint density at radius 3 is 2.43 bits per heavy atom. The van der Waals surface area contributed by atoms with Crippen molar-refractivity contribution in [2.75, 3.05) is 5.32 Å². The van der Waals surface area contributed by atoms with Gasteiger partial charge in [0.25, 0.3) is 11.8 Å². The fourth-order valence-corrected chi connectivity index (χ4v) is 3.04. The lowest BCUT2D eigenvalue weighted by Gasteiger charge is -2.10. The summed E-state index contributed by atoms with van der Waals surface area (Å²) in [4.78, 5) is 36.5. The maximum atomic E-state index is 12.4. The first-order chi connectivity index (χ1) is 14.4. The van der Waals surface area contributed by atoms with Crippen molar-refractivity contribution in [1.29, 1.82) is 0 Å². The van der Waals surface area contributed by atoms with Gasteiger partial charge in [-0.15, -0.1) is 12.6 Å². The Balaban J connectivity index is 1.63.